The van der Waals surface area contributed by atoms with Crippen LogP contribution in [0.15, 0.2) is 41.8 Å². The summed E-state index contributed by atoms with van der Waals surface area (Å²) in [6, 6.07) is 6.10. The molecule has 1 unspecified atom stereocenters. The topological polar surface area (TPSA) is 85.4 Å². The maximum Gasteiger partial charge on any atom is 0.194 e. The van der Waals surface area contributed by atoms with E-state index >= 15 is 0 Å². The first-order chi connectivity index (χ1) is 14.5. The van der Waals surface area contributed by atoms with E-state index in [1.165, 1.54) is 0 Å². The van der Waals surface area contributed by atoms with Crippen LogP contribution in [-0.2, 0) is 18.3 Å². The predicted octanol–water partition coefficient (Wildman–Crippen LogP) is 2.38. The van der Waals surface area contributed by atoms with Gasteiger partial charge in [0.2, 0.25) is 0 Å². The smallest absolute Gasteiger partial charge is 0.194 e. The Kier molecular flexibility index (Phi) is 7.65. The molecule has 31 heavy (non-hydrogen) atoms. The minimum absolute atomic E-state index is 0. The van der Waals surface area contributed by atoms with Gasteiger partial charge in [-0.15, -0.1) is 24.0 Å². The third kappa shape index (κ3) is 5.42. The van der Waals surface area contributed by atoms with Crippen molar-refractivity contribution in [1.29, 1.82) is 0 Å². The van der Waals surface area contributed by atoms with Gasteiger partial charge in [-0.25, -0.2) is 9.67 Å². The number of aromatic nitrogens is 5. The lowest BCUT2D eigenvalue weighted by molar-refractivity contribution is -0.00805. The molecule has 166 valence electrons. The first-order valence-corrected chi connectivity index (χ1v) is 10.1. The first-order valence-electron chi connectivity index (χ1n) is 10.1. The van der Waals surface area contributed by atoms with Crippen molar-refractivity contribution >= 4 is 29.9 Å². The van der Waals surface area contributed by atoms with E-state index in [1.807, 2.05) is 56.3 Å². The van der Waals surface area contributed by atoms with E-state index in [0.717, 1.165) is 47.4 Å². The van der Waals surface area contributed by atoms with Gasteiger partial charge < -0.3 is 15.0 Å². The monoisotopic (exact) mass is 536 g/mol. The van der Waals surface area contributed by atoms with Crippen LogP contribution < -0.4 is 5.32 Å². The van der Waals surface area contributed by atoms with E-state index in [4.69, 9.17) is 4.74 Å². The van der Waals surface area contributed by atoms with Crippen LogP contribution in [0.25, 0.3) is 5.82 Å². The summed E-state index contributed by atoms with van der Waals surface area (Å²) in [5, 5.41) is 12.2. The van der Waals surface area contributed by atoms with Gasteiger partial charge in [0.1, 0.15) is 6.10 Å². The van der Waals surface area contributed by atoms with Crippen LogP contribution in [0.4, 0.5) is 0 Å². The van der Waals surface area contributed by atoms with E-state index in [2.05, 4.69) is 36.5 Å². The molecule has 10 heteroatoms. The summed E-state index contributed by atoms with van der Waals surface area (Å²) in [7, 11) is 3.72. The lowest BCUT2D eigenvalue weighted by Crippen LogP contribution is -2.47. The molecule has 1 atom stereocenters. The zero-order chi connectivity index (χ0) is 21.1. The number of halogens is 1. The van der Waals surface area contributed by atoms with Crippen molar-refractivity contribution in [1.82, 2.24) is 34.8 Å². The number of nitrogens with one attached hydrogen (secondary N) is 1. The number of hydrogen-bond acceptors (Lipinski definition) is 5. The standard InChI is InChI=1S/C21H28N8O.HI/c1-15-9-16(2)29(26-15)20-6-5-17(10-23-20)11-24-21(22-3)28-7-8-30-19(14-28)18-12-25-27(4)13-18;/h5-6,9-10,12-13,19H,7-8,11,14H2,1-4H3,(H,22,24);1H. The molecule has 1 aliphatic rings. The second kappa shape index (κ2) is 10.2. The van der Waals surface area contributed by atoms with Crippen LogP contribution in [0, 0.1) is 13.8 Å². The lowest BCUT2D eigenvalue weighted by Gasteiger charge is -2.34. The number of aliphatic imine (C=N–C) groups is 1. The Labute approximate surface area is 199 Å². The fourth-order valence-electron chi connectivity index (χ4n) is 3.67. The maximum atomic E-state index is 5.94. The van der Waals surface area contributed by atoms with Gasteiger partial charge >= 0.3 is 0 Å². The summed E-state index contributed by atoms with van der Waals surface area (Å²) in [5.41, 5.74) is 4.22. The molecule has 0 aromatic carbocycles. The number of aryl methyl sites for hydroxylation is 3. The Balaban J connectivity index is 0.00000272. The molecule has 1 saturated heterocycles. The van der Waals surface area contributed by atoms with Crippen LogP contribution >= 0.6 is 24.0 Å². The van der Waals surface area contributed by atoms with Gasteiger partial charge in [-0.2, -0.15) is 10.2 Å². The summed E-state index contributed by atoms with van der Waals surface area (Å²) >= 11 is 0. The maximum absolute atomic E-state index is 5.94. The van der Waals surface area contributed by atoms with Crippen LogP contribution in [0.3, 0.4) is 0 Å². The Morgan fingerprint density at radius 1 is 1.29 bits per heavy atom. The molecule has 4 heterocycles. The number of ether oxygens (including phenoxy) is 1. The van der Waals surface area contributed by atoms with Gasteiger partial charge in [0.25, 0.3) is 0 Å². The van der Waals surface area contributed by atoms with E-state index in [9.17, 15) is 0 Å². The molecule has 0 aliphatic carbocycles. The molecule has 4 rings (SSSR count). The molecule has 3 aromatic rings. The van der Waals surface area contributed by atoms with Crippen LogP contribution in [0.5, 0.6) is 0 Å². The molecule has 3 aromatic heterocycles. The molecule has 0 bridgehead atoms. The Morgan fingerprint density at radius 2 is 2.13 bits per heavy atom. The third-order valence-electron chi connectivity index (χ3n) is 5.16. The molecule has 0 amide bonds. The summed E-state index contributed by atoms with van der Waals surface area (Å²) in [6.07, 6.45) is 5.73. The number of rotatable bonds is 4. The summed E-state index contributed by atoms with van der Waals surface area (Å²) < 4.78 is 9.59. The van der Waals surface area contributed by atoms with Gasteiger partial charge in [-0.1, -0.05) is 6.07 Å². The molecule has 0 saturated carbocycles. The minimum atomic E-state index is -0.00674. The van der Waals surface area contributed by atoms with Gasteiger partial charge in [0.05, 0.1) is 25.0 Å². The highest BCUT2D eigenvalue weighted by atomic mass is 127. The van der Waals surface area contributed by atoms with E-state index in [1.54, 1.807) is 11.7 Å². The zero-order valence-electron chi connectivity index (χ0n) is 18.3. The Bertz CT molecular complexity index is 1030. The van der Waals surface area contributed by atoms with Crippen LogP contribution in [0.2, 0.25) is 0 Å². The Morgan fingerprint density at radius 3 is 2.74 bits per heavy atom. The molecule has 9 nitrogen and oxygen atoms in total. The number of nitrogens with zero attached hydrogens (tertiary/aromatic N) is 7. The SMILES string of the molecule is CN=C(NCc1ccc(-n2nc(C)cc2C)nc1)N1CCOC(c2cnn(C)c2)C1.I. The predicted molar refractivity (Wildman–Crippen MR) is 130 cm³/mol. The zero-order valence-corrected chi connectivity index (χ0v) is 20.6. The highest BCUT2D eigenvalue weighted by Gasteiger charge is 2.25. The normalized spacial score (nSPS) is 16.8. The molecule has 1 N–H and O–H groups in total. The summed E-state index contributed by atoms with van der Waals surface area (Å²) in [4.78, 5) is 11.3. The third-order valence-corrected chi connectivity index (χ3v) is 5.16. The highest BCUT2D eigenvalue weighted by molar-refractivity contribution is 14.0. The van der Waals surface area contributed by atoms with Gasteiger partial charge in [-0.3, -0.25) is 9.67 Å². The van der Waals surface area contributed by atoms with Crippen molar-refractivity contribution in [3.8, 4) is 5.82 Å². The van der Waals surface area contributed by atoms with Gasteiger partial charge in [0, 0.05) is 50.8 Å². The lowest BCUT2D eigenvalue weighted by atomic mass is 10.1. The first kappa shape index (κ1) is 23.2. The minimum Gasteiger partial charge on any atom is -0.370 e. The molecule has 0 radical (unpaired) electrons. The molecule has 1 aliphatic heterocycles. The largest absolute Gasteiger partial charge is 0.370 e. The molecule has 0 spiro atoms. The van der Waals surface area contributed by atoms with Crippen molar-refractivity contribution in [2.45, 2.75) is 26.5 Å². The van der Waals surface area contributed by atoms with Crippen molar-refractivity contribution in [3.05, 3.63) is 59.3 Å². The van der Waals surface area contributed by atoms with Crippen molar-refractivity contribution < 1.29 is 4.74 Å². The van der Waals surface area contributed by atoms with Gasteiger partial charge in [-0.05, 0) is 31.5 Å². The van der Waals surface area contributed by atoms with Gasteiger partial charge in [0.15, 0.2) is 11.8 Å². The fourth-order valence-corrected chi connectivity index (χ4v) is 3.67. The molecular weight excluding hydrogens is 507 g/mol. The van der Waals surface area contributed by atoms with E-state index in [-0.39, 0.29) is 30.1 Å². The number of hydrogen-bond donors (Lipinski definition) is 1. The van der Waals surface area contributed by atoms with E-state index < -0.39 is 0 Å². The van der Waals surface area contributed by atoms with Crippen molar-refractivity contribution in [2.75, 3.05) is 26.7 Å². The molecule has 1 fully saturated rings. The summed E-state index contributed by atoms with van der Waals surface area (Å²) in [6.45, 7) is 6.84. The number of pyridine rings is 1. The Hall–Kier alpha value is -2.47. The van der Waals surface area contributed by atoms with E-state index in [0.29, 0.717) is 13.2 Å². The van der Waals surface area contributed by atoms with Crippen LogP contribution in [0.1, 0.15) is 28.6 Å². The average molecular weight is 536 g/mol. The second-order valence-electron chi connectivity index (χ2n) is 7.52. The average Bonchev–Trinajstić information content (AvgIpc) is 3.34. The van der Waals surface area contributed by atoms with Crippen molar-refractivity contribution in [3.63, 3.8) is 0 Å². The highest BCUT2D eigenvalue weighted by Crippen LogP contribution is 2.21. The fraction of sp³-hybridized carbons (Fsp3) is 0.429. The summed E-state index contributed by atoms with van der Waals surface area (Å²) in [5.74, 6) is 1.68. The number of morpholine rings is 1. The molecular formula is C21H29IN8O. The quantitative estimate of drug-likeness (QED) is 0.313. The second-order valence-corrected chi connectivity index (χ2v) is 7.52. The van der Waals surface area contributed by atoms with Crippen molar-refractivity contribution in [2.24, 2.45) is 12.0 Å². The van der Waals surface area contributed by atoms with Crippen LogP contribution in [-0.4, -0.2) is 62.1 Å². The number of guanidine groups is 1.